The number of anilines is 1. The summed E-state index contributed by atoms with van der Waals surface area (Å²) < 4.78 is 10.7. The molecule has 1 aromatic heterocycles. The molecule has 0 spiro atoms. The number of nitrogens with one attached hydrogen (secondary N) is 1. The first-order valence-electron chi connectivity index (χ1n) is 6.16. The second-order valence-electron chi connectivity index (χ2n) is 4.12. The Kier molecular flexibility index (Phi) is 6.47. The maximum atomic E-state index is 11.9. The van der Waals surface area contributed by atoms with E-state index >= 15 is 0 Å². The van der Waals surface area contributed by atoms with Gasteiger partial charge in [0.2, 0.25) is 0 Å². The molecule has 0 amide bonds. The van der Waals surface area contributed by atoms with Gasteiger partial charge in [-0.2, -0.15) is 5.10 Å². The highest BCUT2D eigenvalue weighted by molar-refractivity contribution is 6.32. The zero-order valence-corrected chi connectivity index (χ0v) is 12.4. The molecule has 0 saturated heterocycles. The molecule has 0 bridgehead atoms. The first-order chi connectivity index (χ1) is 9.49. The number of ether oxygens (including phenoxy) is 2. The van der Waals surface area contributed by atoms with Gasteiger partial charge < -0.3 is 14.8 Å². The zero-order valence-electron chi connectivity index (χ0n) is 11.7. The Labute approximate surface area is 121 Å². The molecule has 1 N–H and O–H groups in total. The van der Waals surface area contributed by atoms with Crippen molar-refractivity contribution in [3.05, 3.63) is 21.6 Å². The first kappa shape index (κ1) is 16.5. The van der Waals surface area contributed by atoms with E-state index in [2.05, 4.69) is 15.2 Å². The molecule has 0 aliphatic heterocycles. The van der Waals surface area contributed by atoms with E-state index in [0.717, 1.165) is 4.68 Å². The number of carbonyl (C=O) groups is 1. The van der Waals surface area contributed by atoms with Crippen molar-refractivity contribution in [3.8, 4) is 0 Å². The summed E-state index contributed by atoms with van der Waals surface area (Å²) in [5.41, 5.74) is -0.143. The summed E-state index contributed by atoms with van der Waals surface area (Å²) in [4.78, 5) is 23.1. The van der Waals surface area contributed by atoms with Gasteiger partial charge >= 0.3 is 5.97 Å². The molecule has 0 aliphatic rings. The van der Waals surface area contributed by atoms with Crippen LogP contribution in [-0.4, -0.2) is 42.1 Å². The standard InChI is InChI=1S/C12H18ClN3O4/c1-4-20-7-8(2)15-9-5-14-16(6-10(17)19-3)12(18)11(9)13/h5,8,15H,4,6-7H2,1-3H3. The Morgan fingerprint density at radius 1 is 1.60 bits per heavy atom. The van der Waals surface area contributed by atoms with Gasteiger partial charge in [-0.1, -0.05) is 11.6 Å². The molecule has 1 rings (SSSR count). The smallest absolute Gasteiger partial charge is 0.327 e. The predicted octanol–water partition coefficient (Wildman–Crippen LogP) is 0.907. The van der Waals surface area contributed by atoms with Crippen molar-refractivity contribution in [3.63, 3.8) is 0 Å². The van der Waals surface area contributed by atoms with Crippen LogP contribution >= 0.6 is 11.6 Å². The van der Waals surface area contributed by atoms with Crippen molar-refractivity contribution in [1.82, 2.24) is 9.78 Å². The lowest BCUT2D eigenvalue weighted by molar-refractivity contribution is -0.141. The number of aromatic nitrogens is 2. The molecular weight excluding hydrogens is 286 g/mol. The third kappa shape index (κ3) is 4.50. The van der Waals surface area contributed by atoms with Gasteiger partial charge in [0.1, 0.15) is 11.6 Å². The number of halogens is 1. The Balaban J connectivity index is 2.83. The first-order valence-corrected chi connectivity index (χ1v) is 6.54. The van der Waals surface area contributed by atoms with Crippen molar-refractivity contribution in [2.24, 2.45) is 0 Å². The lowest BCUT2D eigenvalue weighted by Gasteiger charge is -2.16. The minimum absolute atomic E-state index is 0.0211. The molecular formula is C12H18ClN3O4. The molecule has 7 nitrogen and oxygen atoms in total. The van der Waals surface area contributed by atoms with Gasteiger partial charge in [0, 0.05) is 12.6 Å². The number of esters is 1. The van der Waals surface area contributed by atoms with Crippen molar-refractivity contribution in [1.29, 1.82) is 0 Å². The average Bonchev–Trinajstić information content (AvgIpc) is 2.44. The number of rotatable bonds is 7. The summed E-state index contributed by atoms with van der Waals surface area (Å²) in [6.45, 7) is 4.61. The molecule has 0 fully saturated rings. The van der Waals surface area contributed by atoms with E-state index < -0.39 is 11.5 Å². The zero-order chi connectivity index (χ0) is 15.1. The van der Waals surface area contributed by atoms with E-state index in [-0.39, 0.29) is 17.6 Å². The van der Waals surface area contributed by atoms with E-state index in [0.29, 0.717) is 18.9 Å². The molecule has 1 heterocycles. The third-order valence-corrected chi connectivity index (χ3v) is 2.83. The minimum Gasteiger partial charge on any atom is -0.468 e. The number of nitrogens with zero attached hydrogens (tertiary/aromatic N) is 2. The summed E-state index contributed by atoms with van der Waals surface area (Å²) in [7, 11) is 1.24. The highest BCUT2D eigenvalue weighted by Gasteiger charge is 2.13. The number of hydrogen-bond acceptors (Lipinski definition) is 6. The minimum atomic E-state index is -0.568. The van der Waals surface area contributed by atoms with Crippen molar-refractivity contribution < 1.29 is 14.3 Å². The van der Waals surface area contributed by atoms with Gasteiger partial charge in [-0.15, -0.1) is 0 Å². The largest absolute Gasteiger partial charge is 0.468 e. The SMILES string of the molecule is CCOCC(C)Nc1cnn(CC(=O)OC)c(=O)c1Cl. The van der Waals surface area contributed by atoms with Gasteiger partial charge in [-0.05, 0) is 13.8 Å². The average molecular weight is 304 g/mol. The number of carbonyl (C=O) groups excluding carboxylic acids is 1. The van der Waals surface area contributed by atoms with Crippen molar-refractivity contribution in [2.45, 2.75) is 26.4 Å². The number of hydrogen-bond donors (Lipinski definition) is 1. The van der Waals surface area contributed by atoms with Crippen molar-refractivity contribution in [2.75, 3.05) is 25.6 Å². The van der Waals surface area contributed by atoms with Crippen LogP contribution in [0.5, 0.6) is 0 Å². The van der Waals surface area contributed by atoms with Crippen LogP contribution in [0.15, 0.2) is 11.0 Å². The molecule has 0 aromatic carbocycles. The highest BCUT2D eigenvalue weighted by atomic mass is 35.5. The lowest BCUT2D eigenvalue weighted by atomic mass is 10.3. The number of methoxy groups -OCH3 is 1. The molecule has 0 aliphatic carbocycles. The van der Waals surface area contributed by atoms with E-state index in [1.165, 1.54) is 13.3 Å². The van der Waals surface area contributed by atoms with Crippen molar-refractivity contribution >= 4 is 23.3 Å². The predicted molar refractivity (Wildman–Crippen MR) is 75.1 cm³/mol. The normalized spacial score (nSPS) is 12.0. The topological polar surface area (TPSA) is 82.4 Å². The molecule has 0 radical (unpaired) electrons. The molecule has 1 aromatic rings. The fourth-order valence-corrected chi connectivity index (χ4v) is 1.67. The van der Waals surface area contributed by atoms with Crippen LogP contribution in [0.4, 0.5) is 5.69 Å². The van der Waals surface area contributed by atoms with Crippen LogP contribution in [0.2, 0.25) is 5.02 Å². The van der Waals surface area contributed by atoms with Gasteiger partial charge in [-0.25, -0.2) is 4.68 Å². The highest BCUT2D eigenvalue weighted by Crippen LogP contribution is 2.16. The van der Waals surface area contributed by atoms with E-state index in [4.69, 9.17) is 16.3 Å². The Bertz CT molecular complexity index is 518. The Hall–Kier alpha value is -1.60. The lowest BCUT2D eigenvalue weighted by Crippen LogP contribution is -2.29. The van der Waals surface area contributed by atoms with E-state index in [1.54, 1.807) is 0 Å². The van der Waals surface area contributed by atoms with Gasteiger partial charge in [0.05, 0.1) is 25.6 Å². The summed E-state index contributed by atoms with van der Waals surface area (Å²) >= 11 is 5.97. The van der Waals surface area contributed by atoms with Crippen LogP contribution in [0.3, 0.4) is 0 Å². The van der Waals surface area contributed by atoms with Gasteiger partial charge in [0.15, 0.2) is 0 Å². The van der Waals surface area contributed by atoms with E-state index in [9.17, 15) is 9.59 Å². The fourth-order valence-electron chi connectivity index (χ4n) is 1.47. The van der Waals surface area contributed by atoms with E-state index in [1.807, 2.05) is 13.8 Å². The Morgan fingerprint density at radius 3 is 2.90 bits per heavy atom. The molecule has 1 atom stereocenters. The summed E-state index contributed by atoms with van der Waals surface area (Å²) in [5, 5.41) is 6.89. The molecule has 112 valence electrons. The maximum absolute atomic E-state index is 11.9. The van der Waals surface area contributed by atoms with Crippen LogP contribution < -0.4 is 10.9 Å². The van der Waals surface area contributed by atoms with Crippen LogP contribution in [0.1, 0.15) is 13.8 Å². The quantitative estimate of drug-likeness (QED) is 0.754. The Morgan fingerprint density at radius 2 is 2.30 bits per heavy atom. The summed E-state index contributed by atoms with van der Waals surface area (Å²) in [6, 6.07) is -0.0230. The van der Waals surface area contributed by atoms with Crippen LogP contribution in [0.25, 0.3) is 0 Å². The molecule has 20 heavy (non-hydrogen) atoms. The third-order valence-electron chi connectivity index (χ3n) is 2.47. The summed E-state index contributed by atoms with van der Waals surface area (Å²) in [6.07, 6.45) is 1.40. The van der Waals surface area contributed by atoms with Crippen LogP contribution in [-0.2, 0) is 20.8 Å². The van der Waals surface area contributed by atoms with Gasteiger partial charge in [0.25, 0.3) is 5.56 Å². The second-order valence-corrected chi connectivity index (χ2v) is 4.49. The molecule has 1 unspecified atom stereocenters. The van der Waals surface area contributed by atoms with Crippen LogP contribution in [0, 0.1) is 0 Å². The summed E-state index contributed by atoms with van der Waals surface area (Å²) in [5.74, 6) is -0.568. The molecule has 0 saturated carbocycles. The molecule has 8 heteroatoms. The van der Waals surface area contributed by atoms with Gasteiger partial charge in [-0.3, -0.25) is 9.59 Å². The fraction of sp³-hybridized carbons (Fsp3) is 0.583. The second kappa shape index (κ2) is 7.86. The monoisotopic (exact) mass is 303 g/mol. The maximum Gasteiger partial charge on any atom is 0.327 e.